The molecule has 0 aliphatic rings. The highest BCUT2D eigenvalue weighted by Gasteiger charge is 2.19. The second kappa shape index (κ2) is 11.0. The lowest BCUT2D eigenvalue weighted by Crippen LogP contribution is -1.99. The molecule has 0 spiro atoms. The van der Waals surface area contributed by atoms with Crippen LogP contribution in [0.3, 0.4) is 0 Å². The fourth-order valence-electron chi connectivity index (χ4n) is 3.61. The van der Waals surface area contributed by atoms with Gasteiger partial charge in [-0.2, -0.15) is 0 Å². The van der Waals surface area contributed by atoms with Crippen molar-refractivity contribution in [2.24, 2.45) is 4.99 Å². The van der Waals surface area contributed by atoms with E-state index in [9.17, 15) is 0 Å². The molecule has 4 aromatic rings. The zero-order chi connectivity index (χ0) is 25.7. The lowest BCUT2D eigenvalue weighted by atomic mass is 10.2. The predicted molar refractivity (Wildman–Crippen MR) is 140 cm³/mol. The number of anilines is 2. The first-order chi connectivity index (χ1) is 17.6. The Balaban J connectivity index is 1.68. The van der Waals surface area contributed by atoms with Crippen LogP contribution in [-0.4, -0.2) is 58.8 Å². The smallest absolute Gasteiger partial charge is 0.204 e. The Morgan fingerprint density at radius 3 is 2.06 bits per heavy atom. The average molecular weight is 511 g/mol. The van der Waals surface area contributed by atoms with E-state index in [-0.39, 0.29) is 0 Å². The second-order valence-corrected chi connectivity index (χ2v) is 8.24. The number of hydrogen-bond donors (Lipinski definition) is 1. The summed E-state index contributed by atoms with van der Waals surface area (Å²) in [7, 11) is 9.42. The summed E-state index contributed by atoms with van der Waals surface area (Å²) < 4.78 is 33.6. The van der Waals surface area contributed by atoms with Crippen LogP contribution in [-0.2, 0) is 0 Å². The molecule has 0 saturated heterocycles. The zero-order valence-electron chi connectivity index (χ0n) is 20.7. The first-order valence-corrected chi connectivity index (χ1v) is 11.5. The summed E-state index contributed by atoms with van der Waals surface area (Å²) in [4.78, 5) is 13.7. The summed E-state index contributed by atoms with van der Waals surface area (Å²) in [5.41, 5.74) is 2.04. The molecular weight excluding hydrogens is 484 g/mol. The highest BCUT2D eigenvalue weighted by molar-refractivity contribution is 7.20. The molecule has 0 saturated carbocycles. The Hall–Kier alpha value is -4.25. The number of thiazole rings is 1. The third kappa shape index (κ3) is 4.78. The van der Waals surface area contributed by atoms with E-state index in [4.69, 9.17) is 28.4 Å². The number of aliphatic imine (C=N–C) groups is 1. The van der Waals surface area contributed by atoms with E-state index in [1.807, 2.05) is 18.2 Å². The highest BCUT2D eigenvalue weighted by atomic mass is 32.1. The molecular formula is C25H26N4O6S. The molecule has 0 amide bonds. The molecule has 0 radical (unpaired) electrons. The largest absolute Gasteiger partial charge is 0.493 e. The predicted octanol–water partition coefficient (Wildman–Crippen LogP) is 5.24. The number of nitrogens with zero attached hydrogens (tertiary/aromatic N) is 3. The van der Waals surface area contributed by atoms with E-state index in [2.05, 4.69) is 20.3 Å². The molecule has 11 heteroatoms. The van der Waals surface area contributed by atoms with Crippen LogP contribution in [0.2, 0.25) is 0 Å². The van der Waals surface area contributed by atoms with Gasteiger partial charge in [0.25, 0.3) is 0 Å². The number of nitrogens with one attached hydrogen (secondary N) is 1. The lowest BCUT2D eigenvalue weighted by molar-refractivity contribution is 0.324. The molecule has 0 aliphatic carbocycles. The average Bonchev–Trinajstić information content (AvgIpc) is 3.33. The Morgan fingerprint density at radius 2 is 1.44 bits per heavy atom. The lowest BCUT2D eigenvalue weighted by Gasteiger charge is -2.15. The second-order valence-electron chi connectivity index (χ2n) is 7.21. The number of rotatable bonds is 10. The van der Waals surface area contributed by atoms with Crippen LogP contribution in [0.25, 0.3) is 10.2 Å². The molecule has 188 valence electrons. The van der Waals surface area contributed by atoms with Crippen molar-refractivity contribution in [2.75, 3.05) is 48.0 Å². The van der Waals surface area contributed by atoms with Crippen molar-refractivity contribution in [3.05, 3.63) is 41.5 Å². The van der Waals surface area contributed by atoms with E-state index in [1.165, 1.54) is 11.3 Å². The molecule has 0 fully saturated rings. The molecule has 36 heavy (non-hydrogen) atoms. The van der Waals surface area contributed by atoms with Gasteiger partial charge in [0, 0.05) is 30.1 Å². The van der Waals surface area contributed by atoms with Crippen molar-refractivity contribution < 1.29 is 28.4 Å². The third-order valence-electron chi connectivity index (χ3n) is 5.23. The minimum absolute atomic E-state index is 0.504. The van der Waals surface area contributed by atoms with Gasteiger partial charge in [-0.3, -0.25) is 0 Å². The summed E-state index contributed by atoms with van der Waals surface area (Å²) in [5, 5.41) is 3.96. The summed E-state index contributed by atoms with van der Waals surface area (Å²) >= 11 is 1.43. The summed E-state index contributed by atoms with van der Waals surface area (Å²) in [6.45, 7) is 0. The number of ether oxygens (including phenoxy) is 6. The first-order valence-electron chi connectivity index (χ1n) is 10.7. The Bertz CT molecular complexity index is 1380. The van der Waals surface area contributed by atoms with Gasteiger partial charge in [-0.25, -0.2) is 15.0 Å². The van der Waals surface area contributed by atoms with Crippen LogP contribution in [0, 0.1) is 0 Å². The van der Waals surface area contributed by atoms with Crippen molar-refractivity contribution in [2.45, 2.75) is 0 Å². The molecule has 4 rings (SSSR count). The van der Waals surface area contributed by atoms with E-state index < -0.39 is 0 Å². The monoisotopic (exact) mass is 510 g/mol. The fraction of sp³-hybridized carbons (Fsp3) is 0.240. The Kier molecular flexibility index (Phi) is 7.59. The van der Waals surface area contributed by atoms with Crippen LogP contribution in [0.5, 0.6) is 34.5 Å². The maximum atomic E-state index is 5.58. The molecule has 0 bridgehead atoms. The number of pyridine rings is 1. The van der Waals surface area contributed by atoms with Crippen molar-refractivity contribution >= 4 is 45.0 Å². The first kappa shape index (κ1) is 24.9. The number of benzene rings is 2. The van der Waals surface area contributed by atoms with Crippen LogP contribution in [0.4, 0.5) is 17.2 Å². The van der Waals surface area contributed by atoms with Gasteiger partial charge in [-0.15, -0.1) is 11.3 Å². The van der Waals surface area contributed by atoms with E-state index in [1.54, 1.807) is 67.2 Å². The zero-order valence-corrected chi connectivity index (χ0v) is 21.6. The van der Waals surface area contributed by atoms with Crippen molar-refractivity contribution in [3.63, 3.8) is 0 Å². The minimum Gasteiger partial charge on any atom is -0.493 e. The van der Waals surface area contributed by atoms with Gasteiger partial charge in [0.1, 0.15) is 15.4 Å². The van der Waals surface area contributed by atoms with Gasteiger partial charge in [0.15, 0.2) is 28.8 Å². The van der Waals surface area contributed by atoms with Gasteiger partial charge < -0.3 is 33.7 Å². The third-order valence-corrected chi connectivity index (χ3v) is 6.23. The minimum atomic E-state index is 0.504. The van der Waals surface area contributed by atoms with Gasteiger partial charge in [0.05, 0.1) is 54.4 Å². The standard InChI is InChI=1S/C25H26N4O6S/c1-30-17-10-14(11-18(31-2)21(17)33-4)28-25-15(8-7-9-26-25)27-13-20-29-16-12-19(32-3)22(34-5)23(35-6)24(16)36-20/h7-13H,1-6H3,(H,26,28). The Morgan fingerprint density at radius 1 is 0.806 bits per heavy atom. The molecule has 0 aliphatic heterocycles. The van der Waals surface area contributed by atoms with E-state index in [0.717, 1.165) is 10.2 Å². The van der Waals surface area contributed by atoms with E-state index >= 15 is 0 Å². The summed E-state index contributed by atoms with van der Waals surface area (Å²) in [6, 6.07) is 9.06. The number of fused-ring (bicyclic) bond motifs is 1. The number of methoxy groups -OCH3 is 6. The number of aromatic nitrogens is 2. The fourth-order valence-corrected chi connectivity index (χ4v) is 4.55. The molecule has 10 nitrogen and oxygen atoms in total. The normalized spacial score (nSPS) is 10.9. The molecule has 1 N–H and O–H groups in total. The van der Waals surface area contributed by atoms with Gasteiger partial charge in [0.2, 0.25) is 11.5 Å². The molecule has 0 atom stereocenters. The maximum Gasteiger partial charge on any atom is 0.204 e. The molecule has 2 aromatic carbocycles. The van der Waals surface area contributed by atoms with Gasteiger partial charge in [-0.1, -0.05) is 0 Å². The number of hydrogen-bond acceptors (Lipinski definition) is 11. The van der Waals surface area contributed by atoms with Crippen molar-refractivity contribution in [1.82, 2.24) is 9.97 Å². The van der Waals surface area contributed by atoms with Crippen molar-refractivity contribution in [3.8, 4) is 34.5 Å². The van der Waals surface area contributed by atoms with E-state index in [0.29, 0.717) is 56.7 Å². The Labute approximate surface area is 212 Å². The SMILES string of the molecule is COc1cc(Nc2ncccc2N=Cc2nc3cc(OC)c(OC)c(OC)c3s2)cc(OC)c1OC. The topological polar surface area (TPSA) is 106 Å². The molecule has 2 heterocycles. The van der Waals surface area contributed by atoms with Crippen LogP contribution >= 0.6 is 11.3 Å². The highest BCUT2D eigenvalue weighted by Crippen LogP contribution is 2.45. The molecule has 0 unspecified atom stereocenters. The van der Waals surface area contributed by atoms with Crippen LogP contribution in [0.1, 0.15) is 5.01 Å². The van der Waals surface area contributed by atoms with Crippen LogP contribution < -0.4 is 33.7 Å². The molecule has 2 aromatic heterocycles. The van der Waals surface area contributed by atoms with Crippen LogP contribution in [0.15, 0.2) is 41.5 Å². The van der Waals surface area contributed by atoms with Gasteiger partial charge in [-0.05, 0) is 12.1 Å². The quantitative estimate of drug-likeness (QED) is 0.287. The van der Waals surface area contributed by atoms with Gasteiger partial charge >= 0.3 is 0 Å². The maximum absolute atomic E-state index is 5.58. The summed E-state index contributed by atoms with van der Waals surface area (Å²) in [5.74, 6) is 3.72. The summed E-state index contributed by atoms with van der Waals surface area (Å²) in [6.07, 6.45) is 3.36. The van der Waals surface area contributed by atoms with Crippen molar-refractivity contribution in [1.29, 1.82) is 0 Å².